The third-order valence-electron chi connectivity index (χ3n) is 4.36. The van der Waals surface area contributed by atoms with E-state index in [1.165, 1.54) is 6.92 Å². The molecule has 2 heterocycles. The highest BCUT2D eigenvalue weighted by atomic mass is 32.2. The average molecular weight is 383 g/mol. The van der Waals surface area contributed by atoms with Crippen LogP contribution in [0.25, 0.3) is 0 Å². The van der Waals surface area contributed by atoms with Gasteiger partial charge in [0.05, 0.1) is 11.5 Å². The summed E-state index contributed by atoms with van der Waals surface area (Å²) in [5.74, 6) is 0.201. The summed E-state index contributed by atoms with van der Waals surface area (Å²) in [7, 11) is -3.04. The van der Waals surface area contributed by atoms with Crippen LogP contribution in [-0.4, -0.2) is 44.7 Å². The van der Waals surface area contributed by atoms with Gasteiger partial charge in [0.25, 0.3) is 5.91 Å². The molecule has 2 aliphatic rings. The van der Waals surface area contributed by atoms with Crippen LogP contribution in [0.4, 0.5) is 0 Å². The van der Waals surface area contributed by atoms with Crippen molar-refractivity contribution in [3.63, 3.8) is 0 Å². The number of carbonyl (C=O) groups is 2. The minimum absolute atomic E-state index is 0.00674. The van der Waals surface area contributed by atoms with Gasteiger partial charge in [-0.25, -0.2) is 8.42 Å². The second-order valence-corrected chi connectivity index (χ2v) is 8.74. The smallest absolute Gasteiger partial charge is 0.306 e. The molecule has 1 saturated heterocycles. The lowest BCUT2D eigenvalue weighted by Crippen LogP contribution is -2.35. The summed E-state index contributed by atoms with van der Waals surface area (Å²) >= 11 is 0. The number of ether oxygens (including phenoxy) is 3. The van der Waals surface area contributed by atoms with Crippen LogP contribution in [0.3, 0.4) is 0 Å². The van der Waals surface area contributed by atoms with E-state index in [0.29, 0.717) is 17.9 Å². The zero-order valence-corrected chi connectivity index (χ0v) is 15.2. The Balaban J connectivity index is 1.43. The first-order valence-corrected chi connectivity index (χ1v) is 10.2. The van der Waals surface area contributed by atoms with Gasteiger partial charge in [0, 0.05) is 13.0 Å². The largest absolute Gasteiger partial charge is 0.454 e. The van der Waals surface area contributed by atoms with Gasteiger partial charge in [-0.15, -0.1) is 0 Å². The lowest BCUT2D eigenvalue weighted by atomic mass is 10.1. The summed E-state index contributed by atoms with van der Waals surface area (Å²) in [6.45, 7) is 1.93. The van der Waals surface area contributed by atoms with E-state index in [-0.39, 0.29) is 37.2 Å². The van der Waals surface area contributed by atoms with E-state index < -0.39 is 27.8 Å². The van der Waals surface area contributed by atoms with Gasteiger partial charge in [0.15, 0.2) is 27.4 Å². The van der Waals surface area contributed by atoms with Crippen molar-refractivity contribution in [1.82, 2.24) is 5.32 Å². The molecule has 0 unspecified atom stereocenters. The van der Waals surface area contributed by atoms with Crippen LogP contribution >= 0.6 is 0 Å². The molecule has 142 valence electrons. The fourth-order valence-corrected chi connectivity index (χ4v) is 4.81. The van der Waals surface area contributed by atoms with Crippen LogP contribution in [-0.2, 0) is 30.7 Å². The minimum Gasteiger partial charge on any atom is -0.454 e. The second kappa shape index (κ2) is 7.53. The first kappa shape index (κ1) is 18.5. The Kier molecular flexibility index (Phi) is 5.36. The summed E-state index contributed by atoms with van der Waals surface area (Å²) in [4.78, 5) is 24.0. The molecule has 1 aromatic rings. The lowest BCUT2D eigenvalue weighted by molar-refractivity contribution is -0.155. The second-order valence-electron chi connectivity index (χ2n) is 6.51. The van der Waals surface area contributed by atoms with Crippen molar-refractivity contribution >= 4 is 21.7 Å². The molecule has 0 aliphatic carbocycles. The number of hydrogen-bond donors (Lipinski definition) is 1. The predicted octanol–water partition coefficient (Wildman–Crippen LogP) is 0.788. The molecular weight excluding hydrogens is 362 g/mol. The molecule has 1 N–H and O–H groups in total. The Labute approximate surface area is 151 Å². The number of benzene rings is 1. The molecule has 0 bridgehead atoms. The summed E-state index contributed by atoms with van der Waals surface area (Å²) in [6.07, 6.45) is -0.476. The van der Waals surface area contributed by atoms with Crippen LogP contribution in [0, 0.1) is 5.92 Å². The Morgan fingerprint density at radius 3 is 2.81 bits per heavy atom. The van der Waals surface area contributed by atoms with E-state index in [1.807, 2.05) is 6.07 Å². The number of rotatable bonds is 6. The summed E-state index contributed by atoms with van der Waals surface area (Å²) < 4.78 is 38.4. The van der Waals surface area contributed by atoms with Crippen LogP contribution in [0.5, 0.6) is 11.5 Å². The van der Waals surface area contributed by atoms with Gasteiger partial charge >= 0.3 is 5.97 Å². The number of esters is 1. The maximum Gasteiger partial charge on any atom is 0.306 e. The summed E-state index contributed by atoms with van der Waals surface area (Å²) in [5.41, 5.74) is 0.831. The van der Waals surface area contributed by atoms with Crippen molar-refractivity contribution in [2.45, 2.75) is 32.4 Å². The third-order valence-corrected chi connectivity index (χ3v) is 6.20. The molecule has 3 rings (SSSR count). The van der Waals surface area contributed by atoms with E-state index in [9.17, 15) is 18.0 Å². The number of nitrogens with one attached hydrogen (secondary N) is 1. The quantitative estimate of drug-likeness (QED) is 0.724. The van der Waals surface area contributed by atoms with Crippen molar-refractivity contribution in [3.05, 3.63) is 23.8 Å². The highest BCUT2D eigenvalue weighted by Crippen LogP contribution is 2.32. The number of fused-ring (bicyclic) bond motifs is 1. The van der Waals surface area contributed by atoms with E-state index in [1.54, 1.807) is 12.1 Å². The first-order valence-electron chi connectivity index (χ1n) is 8.38. The van der Waals surface area contributed by atoms with Crippen LogP contribution in [0.15, 0.2) is 18.2 Å². The molecule has 0 saturated carbocycles. The number of amides is 1. The highest BCUT2D eigenvalue weighted by molar-refractivity contribution is 7.91. The van der Waals surface area contributed by atoms with E-state index in [4.69, 9.17) is 14.2 Å². The van der Waals surface area contributed by atoms with Crippen molar-refractivity contribution in [2.75, 3.05) is 18.3 Å². The Morgan fingerprint density at radius 1 is 1.31 bits per heavy atom. The van der Waals surface area contributed by atoms with Crippen molar-refractivity contribution in [3.8, 4) is 11.5 Å². The molecule has 2 aliphatic heterocycles. The molecular formula is C17H21NO7S. The normalized spacial score (nSPS) is 21.2. The van der Waals surface area contributed by atoms with E-state index >= 15 is 0 Å². The molecule has 1 amide bonds. The summed E-state index contributed by atoms with van der Waals surface area (Å²) in [6, 6.07) is 5.35. The van der Waals surface area contributed by atoms with Crippen LogP contribution in [0.1, 0.15) is 25.3 Å². The Morgan fingerprint density at radius 2 is 2.08 bits per heavy atom. The van der Waals surface area contributed by atoms with Gasteiger partial charge in [-0.2, -0.15) is 0 Å². The molecule has 9 heteroatoms. The molecule has 26 heavy (non-hydrogen) atoms. The van der Waals surface area contributed by atoms with Gasteiger partial charge in [-0.3, -0.25) is 9.59 Å². The fourth-order valence-electron chi connectivity index (χ4n) is 2.95. The molecule has 1 aromatic carbocycles. The fraction of sp³-hybridized carbons (Fsp3) is 0.529. The molecule has 0 radical (unpaired) electrons. The Hall–Kier alpha value is -2.29. The topological polar surface area (TPSA) is 108 Å². The minimum atomic E-state index is -3.04. The third kappa shape index (κ3) is 4.66. The van der Waals surface area contributed by atoms with Gasteiger partial charge in [-0.05, 0) is 37.0 Å². The SMILES string of the molecule is C[C@@H](OC(=O)C[C@@H]1CCS(=O)(=O)C1)C(=O)NCc1ccc2c(c1)OCO2. The number of sulfone groups is 1. The predicted molar refractivity (Wildman–Crippen MR) is 91.3 cm³/mol. The highest BCUT2D eigenvalue weighted by Gasteiger charge is 2.30. The van der Waals surface area contributed by atoms with Gasteiger partial charge in [-0.1, -0.05) is 6.07 Å². The molecule has 1 fully saturated rings. The zero-order chi connectivity index (χ0) is 18.7. The van der Waals surface area contributed by atoms with Crippen LogP contribution < -0.4 is 14.8 Å². The maximum atomic E-state index is 12.1. The lowest BCUT2D eigenvalue weighted by Gasteiger charge is -2.15. The molecule has 0 aromatic heterocycles. The zero-order valence-electron chi connectivity index (χ0n) is 14.4. The van der Waals surface area contributed by atoms with E-state index in [2.05, 4.69) is 5.32 Å². The van der Waals surface area contributed by atoms with Crippen molar-refractivity contribution < 1.29 is 32.2 Å². The summed E-state index contributed by atoms with van der Waals surface area (Å²) in [5, 5.41) is 2.69. The van der Waals surface area contributed by atoms with Gasteiger partial charge < -0.3 is 19.5 Å². The Bertz CT molecular complexity index is 805. The monoisotopic (exact) mass is 383 g/mol. The van der Waals surface area contributed by atoms with Gasteiger partial charge in [0.1, 0.15) is 0 Å². The van der Waals surface area contributed by atoms with Crippen molar-refractivity contribution in [2.24, 2.45) is 5.92 Å². The number of carbonyl (C=O) groups excluding carboxylic acids is 2. The van der Waals surface area contributed by atoms with Gasteiger partial charge in [0.2, 0.25) is 6.79 Å². The molecule has 2 atom stereocenters. The maximum absolute atomic E-state index is 12.1. The van der Waals surface area contributed by atoms with Crippen molar-refractivity contribution in [1.29, 1.82) is 0 Å². The van der Waals surface area contributed by atoms with Crippen LogP contribution in [0.2, 0.25) is 0 Å². The average Bonchev–Trinajstić information content (AvgIpc) is 3.17. The number of hydrogen-bond acceptors (Lipinski definition) is 7. The standard InChI is InChI=1S/C17H21NO7S/c1-11(25-16(19)7-13-4-5-26(21,22)9-13)17(20)18-8-12-2-3-14-15(6-12)24-10-23-14/h2-3,6,11,13H,4-5,7-10H2,1H3,(H,18,20)/t11-,13+/m1/s1. The first-order chi connectivity index (χ1) is 12.3. The molecule has 8 nitrogen and oxygen atoms in total. The van der Waals surface area contributed by atoms with E-state index in [0.717, 1.165) is 5.56 Å². The molecule has 0 spiro atoms.